The Morgan fingerprint density at radius 3 is 2.56 bits per heavy atom. The third-order valence-corrected chi connectivity index (χ3v) is 7.03. The Hall–Kier alpha value is -4.20. The van der Waals surface area contributed by atoms with Gasteiger partial charge in [-0.05, 0) is 50.5 Å². The Morgan fingerprint density at radius 2 is 1.78 bits per heavy atom. The van der Waals surface area contributed by atoms with Crippen molar-refractivity contribution in [3.05, 3.63) is 94.8 Å². The van der Waals surface area contributed by atoms with Crippen molar-refractivity contribution in [3.8, 4) is 0 Å². The smallest absolute Gasteiger partial charge is 0.251 e. The highest BCUT2D eigenvalue weighted by Gasteiger charge is 2.42. The summed E-state index contributed by atoms with van der Waals surface area (Å²) in [7, 11) is 0. The van der Waals surface area contributed by atoms with E-state index < -0.39 is 0 Å². The van der Waals surface area contributed by atoms with E-state index in [1.54, 1.807) is 24.3 Å². The molecular weight excluding hydrogens is 454 g/mol. The Balaban J connectivity index is 1.28. The lowest BCUT2D eigenvalue weighted by Crippen LogP contribution is -2.59. The van der Waals surface area contributed by atoms with Crippen molar-refractivity contribution >= 4 is 23.4 Å². The van der Waals surface area contributed by atoms with Crippen molar-refractivity contribution < 1.29 is 14.4 Å². The number of carbonyl (C=O) groups is 3. The Morgan fingerprint density at radius 1 is 1.03 bits per heavy atom. The second-order valence-corrected chi connectivity index (χ2v) is 9.33. The molecule has 2 aromatic carbocycles. The number of nitrogens with zero attached hydrogens (tertiary/aromatic N) is 3. The Labute approximate surface area is 210 Å². The van der Waals surface area contributed by atoms with Gasteiger partial charge in [0.2, 0.25) is 11.8 Å². The number of allylic oxidation sites excluding steroid dienone is 2. The van der Waals surface area contributed by atoms with Crippen LogP contribution in [0, 0.1) is 25.7 Å². The maximum atomic E-state index is 13.1. The average Bonchev–Trinajstić information content (AvgIpc) is 3.17. The van der Waals surface area contributed by atoms with Gasteiger partial charge in [-0.15, -0.1) is 0 Å². The number of aryl methyl sites for hydroxylation is 1. The lowest BCUT2D eigenvalue weighted by atomic mass is 9.80. The molecule has 0 bridgehead atoms. The quantitative estimate of drug-likeness (QED) is 0.525. The van der Waals surface area contributed by atoms with E-state index in [-0.39, 0.29) is 29.6 Å². The van der Waals surface area contributed by atoms with Gasteiger partial charge in [0.15, 0.2) is 0 Å². The first-order chi connectivity index (χ1) is 17.4. The SMILES string of the molecule is Cc1nn(Cc2ccccc2)c(C)c1CNC(=O)c1cccc(N2NC(=O)[C@@H]3CC=CC[C@@H]3C2=O)c1. The van der Waals surface area contributed by atoms with Gasteiger partial charge in [-0.1, -0.05) is 48.6 Å². The number of hydrogen-bond acceptors (Lipinski definition) is 4. The van der Waals surface area contributed by atoms with E-state index in [4.69, 9.17) is 0 Å². The molecule has 1 saturated heterocycles. The third-order valence-electron chi connectivity index (χ3n) is 7.03. The number of anilines is 1. The topological polar surface area (TPSA) is 96.3 Å². The molecule has 1 aliphatic carbocycles. The Bertz CT molecular complexity index is 1340. The fourth-order valence-electron chi connectivity index (χ4n) is 4.94. The van der Waals surface area contributed by atoms with E-state index in [0.29, 0.717) is 37.2 Å². The summed E-state index contributed by atoms with van der Waals surface area (Å²) in [5.41, 5.74) is 7.60. The molecule has 0 spiro atoms. The van der Waals surface area contributed by atoms with E-state index in [1.807, 2.05) is 48.9 Å². The minimum atomic E-state index is -0.375. The highest BCUT2D eigenvalue weighted by Crippen LogP contribution is 2.32. The monoisotopic (exact) mass is 483 g/mol. The standard InChI is InChI=1S/C28H29N5O3/c1-18-25(19(2)32(30-18)17-20-9-4-3-5-10-20)16-29-26(34)21-11-8-12-22(15-21)33-28(36)24-14-7-6-13-23(24)27(35)31-33/h3-12,15,23-24H,13-14,16-17H2,1-2H3,(H,29,34)(H,31,35)/t23-,24+/m1/s1. The molecule has 2 N–H and O–H groups in total. The van der Waals surface area contributed by atoms with Gasteiger partial charge in [0.05, 0.1) is 29.8 Å². The molecule has 3 aromatic rings. The summed E-state index contributed by atoms with van der Waals surface area (Å²) >= 11 is 0. The number of hydrazine groups is 1. The molecule has 2 atom stereocenters. The lowest BCUT2D eigenvalue weighted by Gasteiger charge is -2.38. The van der Waals surface area contributed by atoms with Crippen LogP contribution in [0.25, 0.3) is 0 Å². The highest BCUT2D eigenvalue weighted by atomic mass is 16.2. The molecule has 0 radical (unpaired) electrons. The summed E-state index contributed by atoms with van der Waals surface area (Å²) < 4.78 is 1.95. The normalized spacial score (nSPS) is 19.1. The fourth-order valence-corrected chi connectivity index (χ4v) is 4.94. The van der Waals surface area contributed by atoms with Crippen molar-refractivity contribution in [3.63, 3.8) is 0 Å². The minimum Gasteiger partial charge on any atom is -0.348 e. The van der Waals surface area contributed by atoms with E-state index >= 15 is 0 Å². The summed E-state index contributed by atoms with van der Waals surface area (Å²) in [4.78, 5) is 38.7. The zero-order chi connectivity index (χ0) is 25.2. The van der Waals surface area contributed by atoms with E-state index in [9.17, 15) is 14.4 Å². The third kappa shape index (κ3) is 4.54. The number of hydrogen-bond donors (Lipinski definition) is 2. The number of amides is 3. The van der Waals surface area contributed by atoms with Gasteiger partial charge in [-0.2, -0.15) is 5.10 Å². The average molecular weight is 484 g/mol. The zero-order valence-corrected chi connectivity index (χ0v) is 20.4. The van der Waals surface area contributed by atoms with Crippen molar-refractivity contribution in [2.45, 2.75) is 39.8 Å². The molecular formula is C28H29N5O3. The summed E-state index contributed by atoms with van der Waals surface area (Å²) in [6.07, 6.45) is 5.01. The first-order valence-electron chi connectivity index (χ1n) is 12.2. The van der Waals surface area contributed by atoms with Crippen LogP contribution in [-0.4, -0.2) is 27.5 Å². The molecule has 2 aliphatic rings. The summed E-state index contributed by atoms with van der Waals surface area (Å²) in [6, 6.07) is 16.9. The molecule has 1 aromatic heterocycles. The number of fused-ring (bicyclic) bond motifs is 1. The first-order valence-corrected chi connectivity index (χ1v) is 12.2. The maximum absolute atomic E-state index is 13.1. The molecule has 36 heavy (non-hydrogen) atoms. The van der Waals surface area contributed by atoms with Crippen LogP contribution < -0.4 is 15.8 Å². The summed E-state index contributed by atoms with van der Waals surface area (Å²) in [5, 5.41) is 8.91. The van der Waals surface area contributed by atoms with Gasteiger partial charge in [0, 0.05) is 23.4 Å². The van der Waals surface area contributed by atoms with Crippen LogP contribution in [-0.2, 0) is 22.7 Å². The highest BCUT2D eigenvalue weighted by molar-refractivity contribution is 6.05. The molecule has 184 valence electrons. The van der Waals surface area contributed by atoms with Crippen molar-refractivity contribution in [2.75, 3.05) is 5.01 Å². The number of aromatic nitrogens is 2. The molecule has 2 heterocycles. The second-order valence-electron chi connectivity index (χ2n) is 9.33. The van der Waals surface area contributed by atoms with Gasteiger partial charge in [-0.3, -0.25) is 24.5 Å². The molecule has 1 aliphatic heterocycles. The molecule has 8 nitrogen and oxygen atoms in total. The molecule has 3 amide bonds. The van der Waals surface area contributed by atoms with Gasteiger partial charge >= 0.3 is 0 Å². The van der Waals surface area contributed by atoms with Crippen LogP contribution in [0.15, 0.2) is 66.7 Å². The van der Waals surface area contributed by atoms with Crippen LogP contribution in [0.2, 0.25) is 0 Å². The van der Waals surface area contributed by atoms with E-state index in [1.165, 1.54) is 5.01 Å². The number of rotatable bonds is 6. The van der Waals surface area contributed by atoms with Crippen LogP contribution >= 0.6 is 0 Å². The lowest BCUT2D eigenvalue weighted by molar-refractivity contribution is -0.139. The first kappa shape index (κ1) is 23.5. The van der Waals surface area contributed by atoms with Gasteiger partial charge < -0.3 is 5.32 Å². The molecule has 5 rings (SSSR count). The van der Waals surface area contributed by atoms with Crippen molar-refractivity contribution in [1.29, 1.82) is 0 Å². The predicted molar refractivity (Wildman–Crippen MR) is 136 cm³/mol. The van der Waals surface area contributed by atoms with Gasteiger partial charge in [0.25, 0.3) is 5.91 Å². The van der Waals surface area contributed by atoms with Crippen LogP contribution in [0.4, 0.5) is 5.69 Å². The molecule has 0 unspecified atom stereocenters. The Kier molecular flexibility index (Phi) is 6.41. The van der Waals surface area contributed by atoms with E-state index in [2.05, 4.69) is 28.0 Å². The fraction of sp³-hybridized carbons (Fsp3) is 0.286. The maximum Gasteiger partial charge on any atom is 0.251 e. The second kappa shape index (κ2) is 9.81. The molecule has 8 heteroatoms. The molecule has 1 fully saturated rings. The van der Waals surface area contributed by atoms with Crippen LogP contribution in [0.3, 0.4) is 0 Å². The van der Waals surface area contributed by atoms with Crippen LogP contribution in [0.1, 0.15) is 45.7 Å². The van der Waals surface area contributed by atoms with Crippen molar-refractivity contribution in [2.24, 2.45) is 11.8 Å². The van der Waals surface area contributed by atoms with Gasteiger partial charge in [-0.25, -0.2) is 5.01 Å². The number of benzene rings is 2. The summed E-state index contributed by atoms with van der Waals surface area (Å²) in [5.74, 6) is -1.30. The van der Waals surface area contributed by atoms with Crippen LogP contribution in [0.5, 0.6) is 0 Å². The number of carbonyl (C=O) groups excluding carboxylic acids is 3. The minimum absolute atomic E-state index is 0.154. The zero-order valence-electron chi connectivity index (χ0n) is 20.4. The van der Waals surface area contributed by atoms with Crippen molar-refractivity contribution in [1.82, 2.24) is 20.5 Å². The van der Waals surface area contributed by atoms with Gasteiger partial charge in [0.1, 0.15) is 0 Å². The largest absolute Gasteiger partial charge is 0.348 e. The summed E-state index contributed by atoms with van der Waals surface area (Å²) in [6.45, 7) is 4.94. The predicted octanol–water partition coefficient (Wildman–Crippen LogP) is 3.44. The molecule has 0 saturated carbocycles. The van der Waals surface area contributed by atoms with E-state index in [0.717, 1.165) is 22.5 Å². The number of nitrogens with one attached hydrogen (secondary N) is 2.